The molecule has 2 aromatic heterocycles. The van der Waals surface area contributed by atoms with Gasteiger partial charge < -0.3 is 5.32 Å². The number of halogens is 1. The first kappa shape index (κ1) is 19.9. The Balaban J connectivity index is 1.27. The number of anilines is 1. The number of benzene rings is 2. The van der Waals surface area contributed by atoms with Gasteiger partial charge in [-0.3, -0.25) is 9.36 Å². The van der Waals surface area contributed by atoms with Crippen molar-refractivity contribution in [1.82, 2.24) is 19.7 Å². The molecule has 1 amide bonds. The second-order valence-electron chi connectivity index (χ2n) is 7.13. The topological polar surface area (TPSA) is 72.7 Å². The van der Waals surface area contributed by atoms with E-state index in [4.69, 9.17) is 0 Å². The number of rotatable bonds is 7. The number of carbonyl (C=O) groups excluding carboxylic acids is 1. The molecule has 4 aromatic rings. The molecular weight excluding hydrogens is 433 g/mol. The number of thiazole rings is 1. The molecule has 0 aliphatic heterocycles. The van der Waals surface area contributed by atoms with Gasteiger partial charge in [0.25, 0.3) is 0 Å². The van der Waals surface area contributed by atoms with E-state index in [-0.39, 0.29) is 23.5 Å². The summed E-state index contributed by atoms with van der Waals surface area (Å²) in [6, 6.07) is 16.6. The summed E-state index contributed by atoms with van der Waals surface area (Å²) in [6.07, 6.45) is 2.00. The van der Waals surface area contributed by atoms with Crippen LogP contribution >= 0.6 is 23.1 Å². The Morgan fingerprint density at radius 2 is 1.90 bits per heavy atom. The highest BCUT2D eigenvalue weighted by molar-refractivity contribution is 7.99. The van der Waals surface area contributed by atoms with E-state index >= 15 is 0 Å². The number of thioether (sulfide) groups is 1. The monoisotopic (exact) mass is 451 g/mol. The lowest BCUT2D eigenvalue weighted by molar-refractivity contribution is -0.113. The number of nitrogens with zero attached hydrogens (tertiary/aromatic N) is 4. The van der Waals surface area contributed by atoms with Crippen LogP contribution in [0.25, 0.3) is 22.6 Å². The predicted octanol–water partition coefficient (Wildman–Crippen LogP) is 5.27. The fourth-order valence-corrected chi connectivity index (χ4v) is 4.76. The zero-order chi connectivity index (χ0) is 21.2. The van der Waals surface area contributed by atoms with Gasteiger partial charge in [-0.15, -0.1) is 21.5 Å². The third-order valence-electron chi connectivity index (χ3n) is 4.84. The van der Waals surface area contributed by atoms with Gasteiger partial charge >= 0.3 is 0 Å². The van der Waals surface area contributed by atoms with Crippen LogP contribution in [0, 0.1) is 5.82 Å². The number of hydrogen-bond acceptors (Lipinski definition) is 6. The van der Waals surface area contributed by atoms with Gasteiger partial charge in [0.1, 0.15) is 5.82 Å². The van der Waals surface area contributed by atoms with Crippen LogP contribution in [0.2, 0.25) is 0 Å². The normalized spacial score (nSPS) is 13.3. The molecule has 0 unspecified atom stereocenters. The Bertz CT molecular complexity index is 1220. The molecule has 6 nitrogen and oxygen atoms in total. The molecule has 1 saturated carbocycles. The summed E-state index contributed by atoms with van der Waals surface area (Å²) in [4.78, 5) is 17.0. The van der Waals surface area contributed by atoms with Crippen molar-refractivity contribution in [3.05, 3.63) is 65.8 Å². The van der Waals surface area contributed by atoms with Gasteiger partial charge in [-0.1, -0.05) is 54.2 Å². The molecule has 0 spiro atoms. The highest BCUT2D eigenvalue weighted by Crippen LogP contribution is 2.41. The van der Waals surface area contributed by atoms with Crippen molar-refractivity contribution < 1.29 is 9.18 Å². The highest BCUT2D eigenvalue weighted by Gasteiger charge is 2.31. The number of aromatic nitrogens is 4. The Kier molecular flexibility index (Phi) is 5.52. The van der Waals surface area contributed by atoms with Crippen molar-refractivity contribution in [3.63, 3.8) is 0 Å². The summed E-state index contributed by atoms with van der Waals surface area (Å²) in [5.41, 5.74) is 2.26. The molecule has 1 aliphatic carbocycles. The lowest BCUT2D eigenvalue weighted by Gasteiger charge is -2.09. The molecular formula is C22H18FN5OS2. The molecule has 0 bridgehead atoms. The van der Waals surface area contributed by atoms with Gasteiger partial charge in [0.15, 0.2) is 16.1 Å². The third-order valence-corrected chi connectivity index (χ3v) is 6.54. The van der Waals surface area contributed by atoms with Crippen molar-refractivity contribution in [2.75, 3.05) is 11.1 Å². The van der Waals surface area contributed by atoms with E-state index in [9.17, 15) is 9.18 Å². The summed E-state index contributed by atoms with van der Waals surface area (Å²) >= 11 is 2.69. The van der Waals surface area contributed by atoms with Gasteiger partial charge in [0, 0.05) is 17.0 Å². The first-order chi connectivity index (χ1) is 15.2. The minimum Gasteiger partial charge on any atom is -0.301 e. The second-order valence-corrected chi connectivity index (χ2v) is 8.93. The summed E-state index contributed by atoms with van der Waals surface area (Å²) in [7, 11) is 0. The van der Waals surface area contributed by atoms with Gasteiger partial charge in [-0.25, -0.2) is 9.37 Å². The SMILES string of the molecule is O=C(CSc1nnc(-c2ccccc2F)n1C1CC1)Nc1nc(-c2ccccc2)cs1. The standard InChI is InChI=1S/C22H18FN5OS2/c23-17-9-5-4-8-16(17)20-26-27-22(28(20)15-10-11-15)31-13-19(29)25-21-24-18(12-30-21)14-6-2-1-3-7-14/h1-9,12,15H,10-11,13H2,(H,24,25,29). The van der Waals surface area contributed by atoms with E-state index in [1.165, 1.54) is 29.2 Å². The van der Waals surface area contributed by atoms with Crippen molar-refractivity contribution in [2.24, 2.45) is 0 Å². The number of hydrogen-bond donors (Lipinski definition) is 1. The van der Waals surface area contributed by atoms with Crippen LogP contribution in [-0.2, 0) is 4.79 Å². The summed E-state index contributed by atoms with van der Waals surface area (Å²) in [5, 5.41) is 14.4. The van der Waals surface area contributed by atoms with Gasteiger partial charge in [-0.2, -0.15) is 0 Å². The number of amides is 1. The molecule has 5 rings (SSSR count). The summed E-state index contributed by atoms with van der Waals surface area (Å²) < 4.78 is 16.2. The molecule has 0 radical (unpaired) electrons. The third kappa shape index (κ3) is 4.38. The number of carbonyl (C=O) groups is 1. The highest BCUT2D eigenvalue weighted by atomic mass is 32.2. The maximum absolute atomic E-state index is 14.3. The summed E-state index contributed by atoms with van der Waals surface area (Å²) in [6.45, 7) is 0. The van der Waals surface area contributed by atoms with E-state index in [1.807, 2.05) is 40.3 Å². The van der Waals surface area contributed by atoms with E-state index in [1.54, 1.807) is 18.2 Å². The van der Waals surface area contributed by atoms with Crippen LogP contribution in [0.15, 0.2) is 65.1 Å². The Morgan fingerprint density at radius 3 is 2.68 bits per heavy atom. The average Bonchev–Trinajstić information content (AvgIpc) is 3.37. The van der Waals surface area contributed by atoms with Gasteiger partial charge in [0.2, 0.25) is 5.91 Å². The van der Waals surface area contributed by atoms with Crippen LogP contribution in [0.3, 0.4) is 0 Å². The molecule has 2 heterocycles. The molecule has 31 heavy (non-hydrogen) atoms. The van der Waals surface area contributed by atoms with Crippen molar-refractivity contribution in [3.8, 4) is 22.6 Å². The Morgan fingerprint density at radius 1 is 1.13 bits per heavy atom. The predicted molar refractivity (Wildman–Crippen MR) is 121 cm³/mol. The first-order valence-electron chi connectivity index (χ1n) is 9.82. The minimum absolute atomic E-state index is 0.169. The van der Waals surface area contributed by atoms with Crippen molar-refractivity contribution in [2.45, 2.75) is 24.0 Å². The summed E-state index contributed by atoms with van der Waals surface area (Å²) in [5.74, 6) is 0.180. The van der Waals surface area contributed by atoms with Crippen LogP contribution in [-0.4, -0.2) is 31.4 Å². The zero-order valence-electron chi connectivity index (χ0n) is 16.4. The van der Waals surface area contributed by atoms with Gasteiger partial charge in [0.05, 0.1) is 17.0 Å². The molecule has 1 N–H and O–H groups in total. The van der Waals surface area contributed by atoms with Gasteiger partial charge in [-0.05, 0) is 25.0 Å². The fraction of sp³-hybridized carbons (Fsp3) is 0.182. The van der Waals surface area contributed by atoms with Crippen LogP contribution in [0.4, 0.5) is 9.52 Å². The van der Waals surface area contributed by atoms with E-state index in [2.05, 4.69) is 20.5 Å². The van der Waals surface area contributed by atoms with Crippen molar-refractivity contribution in [1.29, 1.82) is 0 Å². The first-order valence-corrected chi connectivity index (χ1v) is 11.7. The molecule has 0 atom stereocenters. The van der Waals surface area contributed by atoms with Crippen LogP contribution in [0.1, 0.15) is 18.9 Å². The average molecular weight is 452 g/mol. The largest absolute Gasteiger partial charge is 0.301 e. The molecule has 1 aliphatic rings. The minimum atomic E-state index is -0.330. The molecule has 1 fully saturated rings. The molecule has 156 valence electrons. The van der Waals surface area contributed by atoms with Crippen molar-refractivity contribution >= 4 is 34.1 Å². The smallest absolute Gasteiger partial charge is 0.236 e. The molecule has 9 heteroatoms. The van der Waals surface area contributed by atoms with Crippen LogP contribution in [0.5, 0.6) is 0 Å². The second kappa shape index (κ2) is 8.60. The Hall–Kier alpha value is -3.04. The lowest BCUT2D eigenvalue weighted by atomic mass is 10.2. The van der Waals surface area contributed by atoms with E-state index in [0.29, 0.717) is 21.7 Å². The fourth-order valence-electron chi connectivity index (χ4n) is 3.22. The maximum Gasteiger partial charge on any atom is 0.236 e. The quantitative estimate of drug-likeness (QED) is 0.387. The Labute approximate surface area is 186 Å². The molecule has 2 aromatic carbocycles. The van der Waals surface area contributed by atoms with E-state index < -0.39 is 0 Å². The number of nitrogens with one attached hydrogen (secondary N) is 1. The maximum atomic E-state index is 14.3. The van der Waals surface area contributed by atoms with E-state index in [0.717, 1.165) is 24.1 Å². The van der Waals surface area contributed by atoms with Crippen LogP contribution < -0.4 is 5.32 Å². The zero-order valence-corrected chi connectivity index (χ0v) is 18.0. The molecule has 0 saturated heterocycles. The lowest BCUT2D eigenvalue weighted by Crippen LogP contribution is -2.14.